The van der Waals surface area contributed by atoms with Gasteiger partial charge >= 0.3 is 6.16 Å². The molecule has 1 N–H and O–H groups in total. The SMILES string of the molecule is COc1ccccc1COCCCOc1ccc(C2C(OCc3cc(OC)c4ccccc4c3)CNCC2OCC(C)OC(=O)OCc2cccc(CO[N+](=O)[O-])c2)cc1. The van der Waals surface area contributed by atoms with Crippen LogP contribution in [0.4, 0.5) is 4.79 Å². The molecule has 1 fully saturated rings. The Balaban J connectivity index is 1.06. The molecule has 5 aromatic rings. The van der Waals surface area contributed by atoms with Crippen LogP contribution in [0.1, 0.15) is 47.1 Å². The fourth-order valence-corrected chi connectivity index (χ4v) is 7.12. The second-order valence-corrected chi connectivity index (χ2v) is 14.3. The molecular formula is C46H52N2O12. The van der Waals surface area contributed by atoms with Gasteiger partial charge in [0.1, 0.15) is 36.6 Å². The van der Waals surface area contributed by atoms with E-state index in [1.54, 1.807) is 45.4 Å². The summed E-state index contributed by atoms with van der Waals surface area (Å²) in [5.41, 5.74) is 4.22. The summed E-state index contributed by atoms with van der Waals surface area (Å²) in [5.74, 6) is 2.17. The molecule has 4 unspecified atom stereocenters. The lowest BCUT2D eigenvalue weighted by Crippen LogP contribution is -2.51. The Bertz CT molecular complexity index is 2130. The molecule has 1 aliphatic heterocycles. The Morgan fingerprint density at radius 1 is 0.767 bits per heavy atom. The van der Waals surface area contributed by atoms with E-state index in [2.05, 4.69) is 22.3 Å². The Morgan fingerprint density at radius 3 is 2.28 bits per heavy atom. The van der Waals surface area contributed by atoms with Gasteiger partial charge in [-0.15, -0.1) is 10.1 Å². The van der Waals surface area contributed by atoms with Gasteiger partial charge in [-0.3, -0.25) is 0 Å². The van der Waals surface area contributed by atoms with Gasteiger partial charge in [0.05, 0.1) is 59.5 Å². The van der Waals surface area contributed by atoms with Crippen LogP contribution in [0.15, 0.2) is 109 Å². The van der Waals surface area contributed by atoms with Gasteiger partial charge in [-0.25, -0.2) is 4.79 Å². The van der Waals surface area contributed by atoms with Crippen molar-refractivity contribution in [3.8, 4) is 17.2 Å². The summed E-state index contributed by atoms with van der Waals surface area (Å²) in [5, 5.41) is 15.3. The number of ether oxygens (including phenoxy) is 8. The highest BCUT2D eigenvalue weighted by molar-refractivity contribution is 5.89. The molecular weight excluding hydrogens is 773 g/mol. The Kier molecular flexibility index (Phi) is 16.3. The van der Waals surface area contributed by atoms with Crippen LogP contribution in [0.3, 0.4) is 0 Å². The average Bonchev–Trinajstić information content (AvgIpc) is 3.27. The molecule has 6 rings (SSSR count). The van der Waals surface area contributed by atoms with Gasteiger partial charge in [0.25, 0.3) is 5.09 Å². The highest BCUT2D eigenvalue weighted by atomic mass is 16.9. The second-order valence-electron chi connectivity index (χ2n) is 14.3. The lowest BCUT2D eigenvalue weighted by Gasteiger charge is -2.39. The number of hydrogen-bond acceptors (Lipinski definition) is 13. The molecule has 1 heterocycles. The predicted octanol–water partition coefficient (Wildman–Crippen LogP) is 7.95. The highest BCUT2D eigenvalue weighted by Gasteiger charge is 2.36. The number of methoxy groups -OCH3 is 2. The smallest absolute Gasteiger partial charge is 0.496 e. The molecule has 0 aromatic heterocycles. The van der Waals surface area contributed by atoms with E-state index < -0.39 is 17.3 Å². The molecule has 1 saturated heterocycles. The first kappa shape index (κ1) is 43.6. The van der Waals surface area contributed by atoms with Crippen molar-refractivity contribution in [2.45, 2.75) is 64.0 Å². The average molecular weight is 825 g/mol. The highest BCUT2D eigenvalue weighted by Crippen LogP contribution is 2.33. The van der Waals surface area contributed by atoms with Crippen LogP contribution in [0.25, 0.3) is 10.8 Å². The van der Waals surface area contributed by atoms with Gasteiger partial charge in [0.15, 0.2) is 0 Å². The predicted molar refractivity (Wildman–Crippen MR) is 223 cm³/mol. The van der Waals surface area contributed by atoms with E-state index in [0.29, 0.717) is 50.6 Å². The maximum absolute atomic E-state index is 12.6. The molecule has 318 valence electrons. The number of para-hydroxylation sites is 1. The standard InChI is InChI=1S/C46H52N2O12/c1-32(60-46(49)58-28-33-10-8-11-34(22-33)30-59-48(50)51)27-56-43-25-47-26-44(57-29-35-23-37-12-4-6-14-40(37)42(24-35)53-3)45(43)36-16-18-39(19-17-36)55-21-9-20-54-31-38-13-5-7-15-41(38)52-2/h4-8,10-19,22-24,32,43-45,47H,9,20-21,25-31H2,1-3H3. The van der Waals surface area contributed by atoms with Crippen molar-refractivity contribution in [1.29, 1.82) is 0 Å². The third-order valence-electron chi connectivity index (χ3n) is 10.0. The number of hydrogen-bond donors (Lipinski definition) is 1. The number of benzene rings is 5. The Morgan fingerprint density at radius 2 is 1.50 bits per heavy atom. The number of rotatable bonds is 22. The number of fused-ring (bicyclic) bond motifs is 1. The first-order valence-corrected chi connectivity index (χ1v) is 19.9. The van der Waals surface area contributed by atoms with Crippen molar-refractivity contribution in [3.05, 3.63) is 147 Å². The Hall–Kier alpha value is -5.93. The van der Waals surface area contributed by atoms with E-state index in [-0.39, 0.29) is 37.9 Å². The van der Waals surface area contributed by atoms with Crippen LogP contribution in [-0.2, 0) is 54.9 Å². The van der Waals surface area contributed by atoms with Gasteiger partial charge in [0.2, 0.25) is 0 Å². The third-order valence-corrected chi connectivity index (χ3v) is 10.0. The molecule has 5 aromatic carbocycles. The normalized spacial score (nSPS) is 16.8. The van der Waals surface area contributed by atoms with Crippen LogP contribution < -0.4 is 19.5 Å². The van der Waals surface area contributed by atoms with Crippen LogP contribution in [-0.4, -0.2) is 76.7 Å². The van der Waals surface area contributed by atoms with Crippen LogP contribution >= 0.6 is 0 Å². The molecule has 14 nitrogen and oxygen atoms in total. The van der Waals surface area contributed by atoms with Crippen LogP contribution in [0.2, 0.25) is 0 Å². The van der Waals surface area contributed by atoms with E-state index in [4.69, 9.17) is 37.9 Å². The van der Waals surface area contributed by atoms with Gasteiger partial charge in [-0.1, -0.05) is 78.9 Å². The number of nitrogens with zero attached hydrogens (tertiary/aromatic N) is 1. The van der Waals surface area contributed by atoms with E-state index in [9.17, 15) is 14.9 Å². The van der Waals surface area contributed by atoms with Gasteiger partial charge in [0, 0.05) is 36.4 Å². The molecule has 0 aliphatic carbocycles. The summed E-state index contributed by atoms with van der Waals surface area (Å²) in [6.45, 7) is 4.57. The Labute approximate surface area is 349 Å². The van der Waals surface area contributed by atoms with E-state index in [0.717, 1.165) is 51.1 Å². The lowest BCUT2D eigenvalue weighted by molar-refractivity contribution is -0.763. The van der Waals surface area contributed by atoms with Crippen molar-refractivity contribution < 1.29 is 52.6 Å². The van der Waals surface area contributed by atoms with E-state index in [1.807, 2.05) is 72.8 Å². The zero-order valence-corrected chi connectivity index (χ0v) is 34.1. The molecule has 0 saturated carbocycles. The molecule has 0 amide bonds. The van der Waals surface area contributed by atoms with Crippen molar-refractivity contribution in [3.63, 3.8) is 0 Å². The minimum atomic E-state index is -0.859. The van der Waals surface area contributed by atoms with Crippen LogP contribution in [0, 0.1) is 10.1 Å². The molecule has 0 spiro atoms. The quantitative estimate of drug-likeness (QED) is 0.0311. The minimum absolute atomic E-state index is 0.0766. The van der Waals surface area contributed by atoms with Gasteiger partial charge in [-0.2, -0.15) is 0 Å². The third kappa shape index (κ3) is 12.8. The zero-order chi connectivity index (χ0) is 42.1. The first-order chi connectivity index (χ1) is 29.3. The largest absolute Gasteiger partial charge is 0.508 e. The summed E-state index contributed by atoms with van der Waals surface area (Å²) in [7, 11) is 3.32. The maximum Gasteiger partial charge on any atom is 0.508 e. The summed E-state index contributed by atoms with van der Waals surface area (Å²) in [4.78, 5) is 27.6. The van der Waals surface area contributed by atoms with Crippen molar-refractivity contribution in [2.75, 3.05) is 47.1 Å². The molecule has 0 radical (unpaired) electrons. The fraction of sp³-hybridized carbons (Fsp3) is 0.370. The van der Waals surface area contributed by atoms with E-state index >= 15 is 0 Å². The summed E-state index contributed by atoms with van der Waals surface area (Å²) in [6.07, 6.45) is -1.35. The summed E-state index contributed by atoms with van der Waals surface area (Å²) >= 11 is 0. The zero-order valence-electron chi connectivity index (χ0n) is 34.1. The summed E-state index contributed by atoms with van der Waals surface area (Å²) < 4.78 is 47.0. The number of nitrogens with one attached hydrogen (secondary N) is 1. The van der Waals surface area contributed by atoms with Crippen molar-refractivity contribution in [2.24, 2.45) is 0 Å². The van der Waals surface area contributed by atoms with E-state index in [1.165, 1.54) is 0 Å². The topological polar surface area (TPSA) is 155 Å². The lowest BCUT2D eigenvalue weighted by atomic mass is 9.85. The molecule has 1 aliphatic rings. The molecule has 0 bridgehead atoms. The monoisotopic (exact) mass is 824 g/mol. The van der Waals surface area contributed by atoms with Crippen molar-refractivity contribution in [1.82, 2.24) is 5.32 Å². The molecule has 60 heavy (non-hydrogen) atoms. The van der Waals surface area contributed by atoms with Crippen LogP contribution in [0.5, 0.6) is 17.2 Å². The molecule has 4 atom stereocenters. The number of carbonyl (C=O) groups excluding carboxylic acids is 1. The maximum atomic E-state index is 12.6. The first-order valence-electron chi connectivity index (χ1n) is 19.9. The second kappa shape index (κ2) is 22.4. The fourth-order valence-electron chi connectivity index (χ4n) is 7.12. The minimum Gasteiger partial charge on any atom is -0.496 e. The number of carbonyl (C=O) groups is 1. The molecule has 14 heteroatoms. The number of piperidine rings is 1. The summed E-state index contributed by atoms with van der Waals surface area (Å²) in [6, 6.07) is 34.8. The van der Waals surface area contributed by atoms with Gasteiger partial charge in [-0.05, 0) is 64.9 Å². The van der Waals surface area contributed by atoms with Crippen molar-refractivity contribution >= 4 is 16.9 Å². The van der Waals surface area contributed by atoms with Gasteiger partial charge < -0.3 is 48.0 Å².